The predicted octanol–water partition coefficient (Wildman–Crippen LogP) is 3.57. The van der Waals surface area contributed by atoms with Crippen molar-refractivity contribution in [1.29, 1.82) is 0 Å². The minimum atomic E-state index is -1.71. The summed E-state index contributed by atoms with van der Waals surface area (Å²) in [7, 11) is 0. The fraction of sp³-hybridized carbons (Fsp3) is 0.300. The van der Waals surface area contributed by atoms with Crippen molar-refractivity contribution in [3.8, 4) is 0 Å². The van der Waals surface area contributed by atoms with Crippen LogP contribution >= 0.6 is 0 Å². The van der Waals surface area contributed by atoms with E-state index < -0.39 is 34.8 Å². The molecule has 0 unspecified atom stereocenters. The summed E-state index contributed by atoms with van der Waals surface area (Å²) in [5.74, 6) is -3.90. The summed E-state index contributed by atoms with van der Waals surface area (Å²) in [6.45, 7) is 2.91. The third-order valence-corrected chi connectivity index (χ3v) is 4.25. The van der Waals surface area contributed by atoms with E-state index in [1.165, 1.54) is 50.2 Å². The van der Waals surface area contributed by atoms with Crippen LogP contribution in [0.5, 0.6) is 0 Å². The Morgan fingerprint density at radius 3 is 1.62 bits per heavy atom. The van der Waals surface area contributed by atoms with Crippen molar-refractivity contribution in [2.45, 2.75) is 32.5 Å². The first kappa shape index (κ1) is 18.0. The maximum Gasteiger partial charge on any atom is 0.327 e. The van der Waals surface area contributed by atoms with Gasteiger partial charge in [-0.3, -0.25) is 9.59 Å². The lowest BCUT2D eigenvalue weighted by Gasteiger charge is -2.40. The summed E-state index contributed by atoms with van der Waals surface area (Å²) >= 11 is 0. The standard InChI is InChI=1S/C20H18F2O4/c1-19(2)25-17(23)20(18(24)26-19,11-13-5-3-7-15(21)9-13)12-14-6-4-8-16(22)10-14/h3-10H,11-12H2,1-2H3. The lowest BCUT2D eigenvalue weighted by Crippen LogP contribution is -2.56. The second-order valence-electron chi connectivity index (χ2n) is 6.87. The van der Waals surface area contributed by atoms with E-state index in [1.54, 1.807) is 12.1 Å². The fourth-order valence-electron chi connectivity index (χ4n) is 3.09. The van der Waals surface area contributed by atoms with Crippen LogP contribution in [0.15, 0.2) is 48.5 Å². The quantitative estimate of drug-likeness (QED) is 0.618. The Hall–Kier alpha value is -2.76. The van der Waals surface area contributed by atoms with Gasteiger partial charge >= 0.3 is 11.9 Å². The molecule has 0 aliphatic carbocycles. The van der Waals surface area contributed by atoms with E-state index in [2.05, 4.69) is 0 Å². The zero-order valence-corrected chi connectivity index (χ0v) is 14.4. The molecule has 0 atom stereocenters. The van der Waals surface area contributed by atoms with E-state index >= 15 is 0 Å². The Morgan fingerprint density at radius 2 is 1.23 bits per heavy atom. The van der Waals surface area contributed by atoms with Crippen LogP contribution in [0.1, 0.15) is 25.0 Å². The third-order valence-electron chi connectivity index (χ3n) is 4.25. The van der Waals surface area contributed by atoms with E-state index in [-0.39, 0.29) is 12.8 Å². The van der Waals surface area contributed by atoms with Crippen molar-refractivity contribution >= 4 is 11.9 Å². The van der Waals surface area contributed by atoms with Gasteiger partial charge in [0, 0.05) is 13.8 Å². The molecular weight excluding hydrogens is 342 g/mol. The summed E-state index contributed by atoms with van der Waals surface area (Å²) in [6, 6.07) is 11.2. The van der Waals surface area contributed by atoms with Gasteiger partial charge in [0.05, 0.1) is 0 Å². The highest BCUT2D eigenvalue weighted by molar-refractivity contribution is 6.02. The van der Waals surface area contributed by atoms with Crippen LogP contribution in [0.4, 0.5) is 8.78 Å². The van der Waals surface area contributed by atoms with Gasteiger partial charge in [-0.25, -0.2) is 8.78 Å². The molecule has 2 aromatic carbocycles. The summed E-state index contributed by atoms with van der Waals surface area (Å²) in [5, 5.41) is 0. The Labute approximate surface area is 149 Å². The van der Waals surface area contributed by atoms with E-state index in [4.69, 9.17) is 9.47 Å². The predicted molar refractivity (Wildman–Crippen MR) is 88.9 cm³/mol. The van der Waals surface area contributed by atoms with Crippen molar-refractivity contribution in [1.82, 2.24) is 0 Å². The number of halogens is 2. The number of ether oxygens (including phenoxy) is 2. The van der Waals surface area contributed by atoms with E-state index in [1.807, 2.05) is 0 Å². The van der Waals surface area contributed by atoms with Gasteiger partial charge in [-0.1, -0.05) is 24.3 Å². The minimum absolute atomic E-state index is 0.116. The molecule has 1 fully saturated rings. The molecule has 4 nitrogen and oxygen atoms in total. The highest BCUT2D eigenvalue weighted by Crippen LogP contribution is 2.38. The number of carbonyl (C=O) groups excluding carboxylic acids is 2. The second-order valence-corrected chi connectivity index (χ2v) is 6.87. The molecule has 1 saturated heterocycles. The molecule has 0 aromatic heterocycles. The van der Waals surface area contributed by atoms with Gasteiger partial charge in [-0.15, -0.1) is 0 Å². The lowest BCUT2D eigenvalue weighted by atomic mass is 9.75. The molecule has 26 heavy (non-hydrogen) atoms. The zero-order valence-electron chi connectivity index (χ0n) is 14.4. The topological polar surface area (TPSA) is 52.6 Å². The Morgan fingerprint density at radius 1 is 0.808 bits per heavy atom. The van der Waals surface area contributed by atoms with Gasteiger partial charge in [0.25, 0.3) is 5.79 Å². The van der Waals surface area contributed by atoms with Gasteiger partial charge in [0.1, 0.15) is 11.6 Å². The van der Waals surface area contributed by atoms with Crippen LogP contribution in [0.25, 0.3) is 0 Å². The first-order chi connectivity index (χ1) is 12.2. The van der Waals surface area contributed by atoms with Gasteiger partial charge in [-0.05, 0) is 48.2 Å². The molecule has 136 valence electrons. The second kappa shape index (κ2) is 6.52. The molecule has 2 aromatic rings. The van der Waals surface area contributed by atoms with Crippen LogP contribution in [-0.2, 0) is 31.9 Å². The van der Waals surface area contributed by atoms with Crippen LogP contribution in [-0.4, -0.2) is 17.7 Å². The van der Waals surface area contributed by atoms with Crippen LogP contribution in [0.2, 0.25) is 0 Å². The average Bonchev–Trinajstić information content (AvgIpc) is 2.52. The molecule has 0 saturated carbocycles. The summed E-state index contributed by atoms with van der Waals surface area (Å²) in [5.41, 5.74) is -0.832. The van der Waals surface area contributed by atoms with Crippen molar-refractivity contribution < 1.29 is 27.8 Å². The van der Waals surface area contributed by atoms with E-state index in [0.29, 0.717) is 11.1 Å². The maximum atomic E-state index is 13.6. The smallest absolute Gasteiger partial charge is 0.327 e. The Kier molecular flexibility index (Phi) is 4.52. The number of carbonyl (C=O) groups is 2. The number of cyclic esters (lactones) is 2. The zero-order chi connectivity index (χ0) is 18.9. The average molecular weight is 360 g/mol. The third kappa shape index (κ3) is 3.59. The minimum Gasteiger partial charge on any atom is -0.422 e. The number of benzene rings is 2. The molecule has 1 aliphatic rings. The van der Waals surface area contributed by atoms with Gasteiger partial charge in [0.15, 0.2) is 5.41 Å². The molecule has 0 N–H and O–H groups in total. The number of hydrogen-bond acceptors (Lipinski definition) is 4. The highest BCUT2D eigenvalue weighted by atomic mass is 19.1. The van der Waals surface area contributed by atoms with Crippen LogP contribution in [0.3, 0.4) is 0 Å². The number of hydrogen-bond donors (Lipinski definition) is 0. The van der Waals surface area contributed by atoms with E-state index in [9.17, 15) is 18.4 Å². The monoisotopic (exact) mass is 360 g/mol. The molecule has 1 heterocycles. The molecule has 6 heteroatoms. The molecule has 1 aliphatic heterocycles. The first-order valence-electron chi connectivity index (χ1n) is 8.16. The SMILES string of the molecule is CC1(C)OC(=O)C(Cc2cccc(F)c2)(Cc2cccc(F)c2)C(=O)O1. The molecular formula is C20H18F2O4. The number of esters is 2. The normalized spacial score (nSPS) is 18.2. The van der Waals surface area contributed by atoms with Crippen molar-refractivity contribution in [3.63, 3.8) is 0 Å². The van der Waals surface area contributed by atoms with Crippen molar-refractivity contribution in [2.24, 2.45) is 5.41 Å². The first-order valence-corrected chi connectivity index (χ1v) is 8.16. The van der Waals surface area contributed by atoms with Gasteiger partial charge in [-0.2, -0.15) is 0 Å². The summed E-state index contributed by atoms with van der Waals surface area (Å²) < 4.78 is 37.7. The summed E-state index contributed by atoms with van der Waals surface area (Å²) in [6.07, 6.45) is -0.232. The Bertz CT molecular complexity index is 791. The maximum absolute atomic E-state index is 13.6. The van der Waals surface area contributed by atoms with Crippen molar-refractivity contribution in [2.75, 3.05) is 0 Å². The molecule has 0 spiro atoms. The molecule has 3 rings (SSSR count). The molecule has 0 bridgehead atoms. The van der Waals surface area contributed by atoms with Crippen LogP contribution < -0.4 is 0 Å². The van der Waals surface area contributed by atoms with E-state index in [0.717, 1.165) is 0 Å². The highest BCUT2D eigenvalue weighted by Gasteiger charge is 2.56. The van der Waals surface area contributed by atoms with Gasteiger partial charge < -0.3 is 9.47 Å². The molecule has 0 radical (unpaired) electrons. The lowest BCUT2D eigenvalue weighted by molar-refractivity contribution is -0.251. The van der Waals surface area contributed by atoms with Gasteiger partial charge in [0.2, 0.25) is 0 Å². The number of rotatable bonds is 4. The van der Waals surface area contributed by atoms with Crippen LogP contribution in [0, 0.1) is 17.0 Å². The largest absolute Gasteiger partial charge is 0.422 e. The van der Waals surface area contributed by atoms with Crippen molar-refractivity contribution in [3.05, 3.63) is 71.3 Å². The Balaban J connectivity index is 2.03. The fourth-order valence-corrected chi connectivity index (χ4v) is 3.09. The molecule has 0 amide bonds. The summed E-state index contributed by atoms with van der Waals surface area (Å²) in [4.78, 5) is 25.6.